The number of amides is 1. The summed E-state index contributed by atoms with van der Waals surface area (Å²) >= 11 is 0. The standard InChI is InChI=1S/C17H23N5O3S/c1-20-10-8-19-16(20)17(23)21-9-4-6-15(13-21)22(26(2,24)25)12-14-5-3-7-18-11-14/h3,5,7-8,10-11,15H,4,6,9,12-13H2,1-2H3. The van der Waals surface area contributed by atoms with Crippen molar-refractivity contribution in [3.63, 3.8) is 0 Å². The van der Waals surface area contributed by atoms with Gasteiger partial charge in [-0.25, -0.2) is 13.4 Å². The van der Waals surface area contributed by atoms with E-state index in [0.717, 1.165) is 18.4 Å². The van der Waals surface area contributed by atoms with Gasteiger partial charge in [-0.3, -0.25) is 9.78 Å². The van der Waals surface area contributed by atoms with Gasteiger partial charge in [0.15, 0.2) is 5.82 Å². The quantitative estimate of drug-likeness (QED) is 0.772. The molecule has 140 valence electrons. The number of nitrogens with zero attached hydrogens (tertiary/aromatic N) is 5. The molecule has 3 heterocycles. The molecular weight excluding hydrogens is 354 g/mol. The second-order valence-corrected chi connectivity index (χ2v) is 8.51. The van der Waals surface area contributed by atoms with Crippen LogP contribution in [0.3, 0.4) is 0 Å². The van der Waals surface area contributed by atoms with Gasteiger partial charge in [0.25, 0.3) is 5.91 Å². The first-order valence-electron chi connectivity index (χ1n) is 8.48. The van der Waals surface area contributed by atoms with Crippen LogP contribution in [0.15, 0.2) is 36.9 Å². The summed E-state index contributed by atoms with van der Waals surface area (Å²) < 4.78 is 27.9. The molecule has 26 heavy (non-hydrogen) atoms. The smallest absolute Gasteiger partial charge is 0.289 e. The number of sulfonamides is 1. The van der Waals surface area contributed by atoms with Crippen molar-refractivity contribution in [2.45, 2.75) is 25.4 Å². The van der Waals surface area contributed by atoms with Crippen LogP contribution in [0.2, 0.25) is 0 Å². The Bertz CT molecular complexity index is 866. The Labute approximate surface area is 153 Å². The Morgan fingerprint density at radius 2 is 2.19 bits per heavy atom. The van der Waals surface area contributed by atoms with E-state index in [0.29, 0.717) is 18.9 Å². The second-order valence-electron chi connectivity index (χ2n) is 6.58. The topological polar surface area (TPSA) is 88.4 Å². The molecule has 3 rings (SSSR count). The van der Waals surface area contributed by atoms with Gasteiger partial charge in [0.1, 0.15) is 0 Å². The molecule has 1 atom stereocenters. The number of likely N-dealkylation sites (tertiary alicyclic amines) is 1. The molecule has 1 unspecified atom stereocenters. The SMILES string of the molecule is Cn1ccnc1C(=O)N1CCCC(N(Cc2cccnc2)S(C)(=O)=O)C1. The minimum absolute atomic E-state index is 0.169. The summed E-state index contributed by atoms with van der Waals surface area (Å²) in [4.78, 5) is 22.6. The predicted molar refractivity (Wildman–Crippen MR) is 96.8 cm³/mol. The number of carbonyl (C=O) groups is 1. The van der Waals surface area contributed by atoms with Gasteiger partial charge in [0.05, 0.1) is 6.26 Å². The molecule has 1 amide bonds. The maximum absolute atomic E-state index is 12.7. The number of aromatic nitrogens is 3. The summed E-state index contributed by atoms with van der Waals surface area (Å²) in [5.74, 6) is 0.195. The van der Waals surface area contributed by atoms with Gasteiger partial charge < -0.3 is 9.47 Å². The highest BCUT2D eigenvalue weighted by Crippen LogP contribution is 2.22. The number of piperidine rings is 1. The minimum Gasteiger partial charge on any atom is -0.334 e. The third kappa shape index (κ3) is 4.10. The molecule has 0 saturated carbocycles. The van der Waals surface area contributed by atoms with Crippen LogP contribution in [0.4, 0.5) is 0 Å². The van der Waals surface area contributed by atoms with E-state index < -0.39 is 10.0 Å². The van der Waals surface area contributed by atoms with Crippen molar-refractivity contribution in [2.24, 2.45) is 7.05 Å². The molecule has 9 heteroatoms. The van der Waals surface area contributed by atoms with Crippen LogP contribution in [0, 0.1) is 0 Å². The molecule has 1 fully saturated rings. The normalized spacial score (nSPS) is 18.3. The van der Waals surface area contributed by atoms with Crippen LogP contribution in [0.25, 0.3) is 0 Å². The average molecular weight is 377 g/mol. The summed E-state index contributed by atoms with van der Waals surface area (Å²) in [6, 6.07) is 3.38. The molecule has 2 aromatic heterocycles. The van der Waals surface area contributed by atoms with E-state index >= 15 is 0 Å². The lowest BCUT2D eigenvalue weighted by atomic mass is 10.1. The molecule has 1 saturated heterocycles. The van der Waals surface area contributed by atoms with Crippen molar-refractivity contribution >= 4 is 15.9 Å². The fourth-order valence-electron chi connectivity index (χ4n) is 3.28. The van der Waals surface area contributed by atoms with Crippen molar-refractivity contribution < 1.29 is 13.2 Å². The third-order valence-corrected chi connectivity index (χ3v) is 5.87. The van der Waals surface area contributed by atoms with E-state index in [9.17, 15) is 13.2 Å². The molecule has 0 aromatic carbocycles. The molecule has 1 aliphatic heterocycles. The van der Waals surface area contributed by atoms with Gasteiger partial charge in [0, 0.05) is 57.5 Å². The second kappa shape index (κ2) is 7.55. The van der Waals surface area contributed by atoms with E-state index in [1.54, 1.807) is 47.4 Å². The largest absolute Gasteiger partial charge is 0.334 e. The number of aryl methyl sites for hydroxylation is 1. The number of pyridine rings is 1. The Kier molecular flexibility index (Phi) is 5.38. The summed E-state index contributed by atoms with van der Waals surface area (Å²) in [5, 5.41) is 0. The zero-order chi connectivity index (χ0) is 18.7. The van der Waals surface area contributed by atoms with Crippen LogP contribution in [0.5, 0.6) is 0 Å². The lowest BCUT2D eigenvalue weighted by Gasteiger charge is -2.38. The highest BCUT2D eigenvalue weighted by molar-refractivity contribution is 7.88. The Hall–Kier alpha value is -2.26. The van der Waals surface area contributed by atoms with Crippen molar-refractivity contribution in [3.05, 3.63) is 48.3 Å². The fourth-order valence-corrected chi connectivity index (χ4v) is 4.37. The fraction of sp³-hybridized carbons (Fsp3) is 0.471. The van der Waals surface area contributed by atoms with Crippen LogP contribution < -0.4 is 0 Å². The molecule has 0 bridgehead atoms. The van der Waals surface area contributed by atoms with Gasteiger partial charge in [-0.05, 0) is 24.5 Å². The number of imidazole rings is 1. The summed E-state index contributed by atoms with van der Waals surface area (Å²) in [7, 11) is -1.66. The molecule has 0 aliphatic carbocycles. The van der Waals surface area contributed by atoms with E-state index in [-0.39, 0.29) is 18.5 Å². The molecule has 8 nitrogen and oxygen atoms in total. The maximum Gasteiger partial charge on any atom is 0.289 e. The molecule has 0 spiro atoms. The summed E-state index contributed by atoms with van der Waals surface area (Å²) in [6.07, 6.45) is 9.31. The van der Waals surface area contributed by atoms with E-state index in [1.165, 1.54) is 10.6 Å². The van der Waals surface area contributed by atoms with Gasteiger partial charge in [-0.15, -0.1) is 0 Å². The molecule has 0 N–H and O–H groups in total. The van der Waals surface area contributed by atoms with Crippen molar-refractivity contribution in [2.75, 3.05) is 19.3 Å². The zero-order valence-corrected chi connectivity index (χ0v) is 15.8. The summed E-state index contributed by atoms with van der Waals surface area (Å²) in [6.45, 7) is 1.22. The monoisotopic (exact) mass is 377 g/mol. The lowest BCUT2D eigenvalue weighted by Crippen LogP contribution is -2.51. The van der Waals surface area contributed by atoms with Crippen LogP contribution in [-0.2, 0) is 23.6 Å². The lowest BCUT2D eigenvalue weighted by molar-refractivity contribution is 0.0635. The average Bonchev–Trinajstić information content (AvgIpc) is 3.05. The zero-order valence-electron chi connectivity index (χ0n) is 14.9. The minimum atomic E-state index is -3.43. The van der Waals surface area contributed by atoms with Gasteiger partial charge in [-0.1, -0.05) is 6.07 Å². The first-order chi connectivity index (χ1) is 12.4. The van der Waals surface area contributed by atoms with Crippen molar-refractivity contribution in [3.8, 4) is 0 Å². The predicted octanol–water partition coefficient (Wildman–Crippen LogP) is 0.881. The van der Waals surface area contributed by atoms with E-state index in [4.69, 9.17) is 0 Å². The number of hydrogen-bond acceptors (Lipinski definition) is 5. The maximum atomic E-state index is 12.7. The van der Waals surface area contributed by atoms with Crippen molar-refractivity contribution in [1.29, 1.82) is 0 Å². The highest BCUT2D eigenvalue weighted by atomic mass is 32.2. The Morgan fingerprint density at radius 1 is 1.38 bits per heavy atom. The Balaban J connectivity index is 1.79. The van der Waals surface area contributed by atoms with E-state index in [1.807, 2.05) is 6.07 Å². The first kappa shape index (κ1) is 18.5. The molecule has 1 aliphatic rings. The van der Waals surface area contributed by atoms with Crippen LogP contribution in [0.1, 0.15) is 29.0 Å². The number of carbonyl (C=O) groups excluding carboxylic acids is 1. The highest BCUT2D eigenvalue weighted by Gasteiger charge is 2.33. The molecule has 2 aromatic rings. The summed E-state index contributed by atoms with van der Waals surface area (Å²) in [5.41, 5.74) is 0.825. The first-order valence-corrected chi connectivity index (χ1v) is 10.3. The van der Waals surface area contributed by atoms with Crippen LogP contribution >= 0.6 is 0 Å². The molecular formula is C17H23N5O3S. The molecule has 0 radical (unpaired) electrons. The third-order valence-electron chi connectivity index (χ3n) is 4.59. The van der Waals surface area contributed by atoms with Gasteiger partial charge >= 0.3 is 0 Å². The van der Waals surface area contributed by atoms with E-state index in [2.05, 4.69) is 9.97 Å². The van der Waals surface area contributed by atoms with Gasteiger partial charge in [0.2, 0.25) is 10.0 Å². The van der Waals surface area contributed by atoms with Gasteiger partial charge in [-0.2, -0.15) is 4.31 Å². The van der Waals surface area contributed by atoms with Crippen molar-refractivity contribution in [1.82, 2.24) is 23.7 Å². The number of hydrogen-bond donors (Lipinski definition) is 0. The van der Waals surface area contributed by atoms with Crippen LogP contribution in [-0.4, -0.2) is 63.5 Å². The Morgan fingerprint density at radius 3 is 2.81 bits per heavy atom. The number of rotatable bonds is 5.